The molecule has 5 heteroatoms. The molecule has 1 rings (SSSR count). The third-order valence-electron chi connectivity index (χ3n) is 2.00. The average Bonchev–Trinajstić information content (AvgIpc) is 2.57. The molecule has 0 bridgehead atoms. The maximum Gasteiger partial charge on any atom is 0.322 e. The molecule has 0 aromatic rings. The van der Waals surface area contributed by atoms with Crippen molar-refractivity contribution in [2.75, 3.05) is 7.11 Å². The molecule has 1 aliphatic carbocycles. The predicted octanol–water partition coefficient (Wildman–Crippen LogP) is 0.532. The van der Waals surface area contributed by atoms with Crippen molar-refractivity contribution in [2.24, 2.45) is 11.7 Å². The normalized spacial score (nSPS) is 27.8. The van der Waals surface area contributed by atoms with Crippen molar-refractivity contribution in [3.63, 3.8) is 0 Å². The maximum absolute atomic E-state index is 12.3. The Balaban J connectivity index is 2.29. The third-order valence-corrected chi connectivity index (χ3v) is 2.00. The number of hydrogen-bond acceptors (Lipinski definition) is 3. The van der Waals surface area contributed by atoms with Crippen LogP contribution in [0.15, 0.2) is 0 Å². The number of nitrogens with two attached hydrogens (primary N) is 1. The summed E-state index contributed by atoms with van der Waals surface area (Å²) in [5.41, 5.74) is 5.28. The van der Waals surface area contributed by atoms with Gasteiger partial charge in [-0.05, 0) is 6.42 Å². The van der Waals surface area contributed by atoms with Gasteiger partial charge < -0.3 is 10.5 Å². The Labute approximate surface area is 68.9 Å². The smallest absolute Gasteiger partial charge is 0.322 e. The van der Waals surface area contributed by atoms with Crippen LogP contribution in [-0.4, -0.2) is 25.0 Å². The van der Waals surface area contributed by atoms with Crippen LogP contribution in [0, 0.1) is 5.92 Å². The van der Waals surface area contributed by atoms with Crippen molar-refractivity contribution in [1.82, 2.24) is 0 Å². The number of carbonyl (C=O) groups is 1. The van der Waals surface area contributed by atoms with Crippen LogP contribution in [0.2, 0.25) is 0 Å². The van der Waals surface area contributed by atoms with Crippen LogP contribution in [0.5, 0.6) is 0 Å². The number of rotatable bonds is 3. The van der Waals surface area contributed by atoms with Gasteiger partial charge in [0.15, 0.2) is 0 Å². The molecule has 0 radical (unpaired) electrons. The van der Waals surface area contributed by atoms with Gasteiger partial charge >= 0.3 is 5.97 Å². The van der Waals surface area contributed by atoms with Gasteiger partial charge in [0, 0.05) is 12.3 Å². The average molecular weight is 179 g/mol. The molecule has 1 aliphatic rings. The van der Waals surface area contributed by atoms with E-state index in [1.54, 1.807) is 0 Å². The first kappa shape index (κ1) is 9.38. The summed E-state index contributed by atoms with van der Waals surface area (Å²) in [6.07, 6.45) is -0.142. The van der Waals surface area contributed by atoms with E-state index in [0.29, 0.717) is 0 Å². The van der Waals surface area contributed by atoms with Crippen molar-refractivity contribution in [3.05, 3.63) is 0 Å². The van der Waals surface area contributed by atoms with Gasteiger partial charge in [0.05, 0.1) is 7.11 Å². The highest BCUT2D eigenvalue weighted by atomic mass is 19.3. The second-order valence-electron chi connectivity index (χ2n) is 3.03. The summed E-state index contributed by atoms with van der Waals surface area (Å²) in [6.45, 7) is 0. The standard InChI is InChI=1S/C7H11F2NO2/c1-12-6(11)5(10)2-4-3-7(4,8)9/h4-5H,2-3,10H2,1H3. The Morgan fingerprint density at radius 1 is 1.83 bits per heavy atom. The van der Waals surface area contributed by atoms with Crippen LogP contribution >= 0.6 is 0 Å². The molecule has 0 aromatic heterocycles. The minimum Gasteiger partial charge on any atom is -0.468 e. The van der Waals surface area contributed by atoms with Gasteiger partial charge in [-0.2, -0.15) is 0 Å². The number of halogens is 2. The molecule has 2 atom stereocenters. The molecule has 0 heterocycles. The number of hydrogen-bond donors (Lipinski definition) is 1. The van der Waals surface area contributed by atoms with Gasteiger partial charge in [-0.15, -0.1) is 0 Å². The van der Waals surface area contributed by atoms with Crippen LogP contribution in [0.25, 0.3) is 0 Å². The fourth-order valence-electron chi connectivity index (χ4n) is 1.08. The molecule has 70 valence electrons. The van der Waals surface area contributed by atoms with E-state index in [-0.39, 0.29) is 12.8 Å². The van der Waals surface area contributed by atoms with Gasteiger partial charge in [0.25, 0.3) is 5.92 Å². The van der Waals surface area contributed by atoms with Crippen molar-refractivity contribution in [2.45, 2.75) is 24.8 Å². The zero-order chi connectivity index (χ0) is 9.35. The molecule has 1 fully saturated rings. The first-order valence-corrected chi connectivity index (χ1v) is 3.68. The van der Waals surface area contributed by atoms with Crippen LogP contribution in [0.3, 0.4) is 0 Å². The summed E-state index contributed by atoms with van der Waals surface area (Å²) in [4.78, 5) is 10.7. The zero-order valence-electron chi connectivity index (χ0n) is 6.72. The van der Waals surface area contributed by atoms with Crippen LogP contribution in [-0.2, 0) is 9.53 Å². The zero-order valence-corrected chi connectivity index (χ0v) is 6.72. The molecule has 1 saturated carbocycles. The lowest BCUT2D eigenvalue weighted by molar-refractivity contribution is -0.142. The summed E-state index contributed by atoms with van der Waals surface area (Å²) in [5, 5.41) is 0. The largest absolute Gasteiger partial charge is 0.468 e. The molecule has 0 aromatic carbocycles. The minimum absolute atomic E-state index is 0.0136. The van der Waals surface area contributed by atoms with E-state index in [0.717, 1.165) is 0 Å². The second-order valence-corrected chi connectivity index (χ2v) is 3.03. The number of carbonyl (C=O) groups excluding carboxylic acids is 1. The summed E-state index contributed by atoms with van der Waals surface area (Å²) in [7, 11) is 1.19. The molecule has 12 heavy (non-hydrogen) atoms. The molecule has 0 spiro atoms. The molecule has 3 nitrogen and oxygen atoms in total. The molecule has 2 N–H and O–H groups in total. The lowest BCUT2D eigenvalue weighted by atomic mass is 10.1. The van der Waals surface area contributed by atoms with Gasteiger partial charge in [-0.3, -0.25) is 4.79 Å². The number of alkyl halides is 2. The highest BCUT2D eigenvalue weighted by molar-refractivity contribution is 5.75. The Bertz CT molecular complexity index is 196. The number of methoxy groups -OCH3 is 1. The van der Waals surface area contributed by atoms with Gasteiger partial charge in [0.2, 0.25) is 0 Å². The minimum atomic E-state index is -2.61. The van der Waals surface area contributed by atoms with Crippen LogP contribution in [0.4, 0.5) is 8.78 Å². The molecular formula is C7H11F2NO2. The van der Waals surface area contributed by atoms with Crippen LogP contribution < -0.4 is 5.73 Å². The third kappa shape index (κ3) is 1.91. The van der Waals surface area contributed by atoms with E-state index in [1.165, 1.54) is 7.11 Å². The van der Waals surface area contributed by atoms with E-state index in [9.17, 15) is 13.6 Å². The van der Waals surface area contributed by atoms with Gasteiger partial charge in [0.1, 0.15) is 6.04 Å². The van der Waals surface area contributed by atoms with E-state index in [1.807, 2.05) is 0 Å². The van der Waals surface area contributed by atoms with E-state index >= 15 is 0 Å². The highest BCUT2D eigenvalue weighted by Gasteiger charge is 2.57. The molecule has 0 aliphatic heterocycles. The van der Waals surface area contributed by atoms with Crippen molar-refractivity contribution < 1.29 is 18.3 Å². The SMILES string of the molecule is COC(=O)C(N)CC1CC1(F)F. The van der Waals surface area contributed by atoms with Crippen LogP contribution in [0.1, 0.15) is 12.8 Å². The van der Waals surface area contributed by atoms with Gasteiger partial charge in [-0.25, -0.2) is 8.78 Å². The fourth-order valence-corrected chi connectivity index (χ4v) is 1.08. The summed E-state index contributed by atoms with van der Waals surface area (Å²) in [6, 6.07) is -0.909. The predicted molar refractivity (Wildman–Crippen MR) is 37.7 cm³/mol. The van der Waals surface area contributed by atoms with Crippen molar-refractivity contribution in [3.8, 4) is 0 Å². The summed E-state index contributed by atoms with van der Waals surface area (Å²) >= 11 is 0. The van der Waals surface area contributed by atoms with Crippen molar-refractivity contribution >= 4 is 5.97 Å². The lowest BCUT2D eigenvalue weighted by Gasteiger charge is -2.07. The topological polar surface area (TPSA) is 52.3 Å². The number of esters is 1. The highest BCUT2D eigenvalue weighted by Crippen LogP contribution is 2.50. The fraction of sp³-hybridized carbons (Fsp3) is 0.857. The monoisotopic (exact) mass is 179 g/mol. The first-order chi connectivity index (χ1) is 5.47. The Morgan fingerprint density at radius 2 is 2.33 bits per heavy atom. The van der Waals surface area contributed by atoms with E-state index in [2.05, 4.69) is 4.74 Å². The van der Waals surface area contributed by atoms with Crippen molar-refractivity contribution in [1.29, 1.82) is 0 Å². The maximum atomic E-state index is 12.3. The van der Waals surface area contributed by atoms with Gasteiger partial charge in [-0.1, -0.05) is 0 Å². The Hall–Kier alpha value is -0.710. The second kappa shape index (κ2) is 2.97. The number of ether oxygens (including phenoxy) is 1. The molecule has 0 amide bonds. The Kier molecular flexibility index (Phi) is 2.32. The summed E-state index contributed by atoms with van der Waals surface area (Å²) < 4.78 is 28.9. The summed E-state index contributed by atoms with van der Waals surface area (Å²) in [5.74, 6) is -3.96. The molecule has 2 unspecified atom stereocenters. The first-order valence-electron chi connectivity index (χ1n) is 3.68. The van der Waals surface area contributed by atoms with E-state index < -0.39 is 23.9 Å². The van der Waals surface area contributed by atoms with E-state index in [4.69, 9.17) is 5.73 Å². The lowest BCUT2D eigenvalue weighted by Crippen LogP contribution is -2.32. The quantitative estimate of drug-likeness (QED) is 0.643. The molecular weight excluding hydrogens is 168 g/mol. The molecule has 0 saturated heterocycles. The Morgan fingerprint density at radius 3 is 2.67 bits per heavy atom.